The van der Waals surface area contributed by atoms with Crippen LogP contribution in [0.25, 0.3) is 0 Å². The fourth-order valence-electron chi connectivity index (χ4n) is 2.39. The number of nitrogens with one attached hydrogen (secondary N) is 1. The predicted octanol–water partition coefficient (Wildman–Crippen LogP) is 2.45. The summed E-state index contributed by atoms with van der Waals surface area (Å²) in [6, 6.07) is 10.8. The first-order valence-electron chi connectivity index (χ1n) is 8.54. The van der Waals surface area contributed by atoms with Crippen molar-refractivity contribution >= 4 is 29.9 Å². The van der Waals surface area contributed by atoms with Crippen LogP contribution in [-0.2, 0) is 22.4 Å². The van der Waals surface area contributed by atoms with Crippen LogP contribution < -0.4 is 10.1 Å². The number of Topliss-reactive ketones (excluding diaryl/α,β-unsaturated/α-hetero) is 1. The largest absolute Gasteiger partial charge is 0.485 e. The molecule has 1 atom stereocenters. The maximum atomic E-state index is 12.1. The Morgan fingerprint density at radius 2 is 1.89 bits per heavy atom. The summed E-state index contributed by atoms with van der Waals surface area (Å²) >= 11 is 1.38. The van der Waals surface area contributed by atoms with E-state index in [9.17, 15) is 14.4 Å². The second-order valence-electron chi connectivity index (χ2n) is 5.82. The quantitative estimate of drug-likeness (QED) is 0.499. The molecule has 1 heterocycles. The van der Waals surface area contributed by atoms with E-state index in [1.807, 2.05) is 31.4 Å². The molecule has 2 rings (SSSR count). The zero-order valence-electron chi connectivity index (χ0n) is 15.3. The Morgan fingerprint density at radius 3 is 2.44 bits per heavy atom. The molecule has 7 heteroatoms. The van der Waals surface area contributed by atoms with Crippen molar-refractivity contribution in [2.24, 2.45) is 0 Å². The molecule has 0 aliphatic carbocycles. The van der Waals surface area contributed by atoms with Crippen LogP contribution in [-0.4, -0.2) is 41.2 Å². The van der Waals surface area contributed by atoms with Gasteiger partial charge in [0.15, 0.2) is 6.61 Å². The SMILES string of the molecule is CCc1ccc(C(=O)COc2ccc(CC(SC)C(=O)NC=O)cc2)nc1. The van der Waals surface area contributed by atoms with E-state index < -0.39 is 0 Å². The van der Waals surface area contributed by atoms with Gasteiger partial charge in [0.25, 0.3) is 0 Å². The predicted molar refractivity (Wildman–Crippen MR) is 105 cm³/mol. The minimum absolute atomic E-state index is 0.0903. The van der Waals surface area contributed by atoms with E-state index >= 15 is 0 Å². The molecule has 2 aromatic rings. The number of benzene rings is 1. The zero-order valence-corrected chi connectivity index (χ0v) is 16.1. The average Bonchev–Trinajstić information content (AvgIpc) is 2.71. The molecular weight excluding hydrogens is 364 g/mol. The normalized spacial score (nSPS) is 11.5. The lowest BCUT2D eigenvalue weighted by molar-refractivity contribution is -0.124. The Hall–Kier alpha value is -2.67. The van der Waals surface area contributed by atoms with Crippen molar-refractivity contribution < 1.29 is 19.1 Å². The molecule has 142 valence electrons. The number of aromatic nitrogens is 1. The fraction of sp³-hybridized carbons (Fsp3) is 0.300. The minimum Gasteiger partial charge on any atom is -0.485 e. The summed E-state index contributed by atoms with van der Waals surface area (Å²) in [5, 5.41) is 1.83. The number of hydrogen-bond donors (Lipinski definition) is 1. The number of ether oxygens (including phenoxy) is 1. The third-order valence-corrected chi connectivity index (χ3v) is 4.96. The molecule has 0 fully saturated rings. The second-order valence-corrected chi connectivity index (χ2v) is 6.86. The van der Waals surface area contributed by atoms with Gasteiger partial charge in [0, 0.05) is 6.20 Å². The molecule has 0 bridgehead atoms. The molecule has 27 heavy (non-hydrogen) atoms. The lowest BCUT2D eigenvalue weighted by Gasteiger charge is -2.12. The molecule has 0 saturated heterocycles. The molecule has 1 aromatic heterocycles. The summed E-state index contributed by atoms with van der Waals surface area (Å²) in [6.07, 6.45) is 5.28. The molecule has 0 saturated carbocycles. The number of aryl methyl sites for hydroxylation is 1. The molecule has 0 spiro atoms. The number of carbonyl (C=O) groups excluding carboxylic acids is 3. The first kappa shape index (κ1) is 20.6. The van der Waals surface area contributed by atoms with Crippen LogP contribution in [0.5, 0.6) is 5.75 Å². The Morgan fingerprint density at radius 1 is 1.19 bits per heavy atom. The highest BCUT2D eigenvalue weighted by Gasteiger charge is 2.17. The minimum atomic E-state index is -0.347. The summed E-state index contributed by atoms with van der Waals surface area (Å²) < 4.78 is 5.53. The van der Waals surface area contributed by atoms with E-state index in [1.54, 1.807) is 24.4 Å². The van der Waals surface area contributed by atoms with Crippen LogP contribution in [0.2, 0.25) is 0 Å². The topological polar surface area (TPSA) is 85.4 Å². The standard InChI is InChI=1S/C20H22N2O4S/c1-3-14-6-9-17(21-11-14)18(24)12-26-16-7-4-15(5-8-16)10-19(27-2)20(25)22-13-23/h4-9,11,13,19H,3,10,12H2,1-2H3,(H,22,23,25). The van der Waals surface area contributed by atoms with E-state index in [2.05, 4.69) is 10.3 Å². The Labute approximate surface area is 162 Å². The maximum absolute atomic E-state index is 12.1. The van der Waals surface area contributed by atoms with Gasteiger partial charge in [-0.1, -0.05) is 25.1 Å². The second kappa shape index (κ2) is 10.5. The van der Waals surface area contributed by atoms with E-state index in [0.717, 1.165) is 17.5 Å². The lowest BCUT2D eigenvalue weighted by atomic mass is 10.1. The van der Waals surface area contributed by atoms with Crippen LogP contribution in [0.3, 0.4) is 0 Å². The molecular formula is C20H22N2O4S. The van der Waals surface area contributed by atoms with Crippen LogP contribution in [0.15, 0.2) is 42.6 Å². The number of carbonyl (C=O) groups is 3. The number of hydrogen-bond acceptors (Lipinski definition) is 6. The Kier molecular flexibility index (Phi) is 8.00. The molecule has 0 aliphatic rings. The van der Waals surface area contributed by atoms with Gasteiger partial charge in [0.2, 0.25) is 18.1 Å². The number of rotatable bonds is 10. The van der Waals surface area contributed by atoms with E-state index in [0.29, 0.717) is 24.3 Å². The number of pyridine rings is 1. The smallest absolute Gasteiger partial charge is 0.239 e. The number of amides is 2. The average molecular weight is 386 g/mol. The number of thioether (sulfide) groups is 1. The first-order valence-corrected chi connectivity index (χ1v) is 9.82. The number of nitrogens with zero attached hydrogens (tertiary/aromatic N) is 1. The zero-order chi connectivity index (χ0) is 19.6. The lowest BCUT2D eigenvalue weighted by Crippen LogP contribution is -2.32. The number of imide groups is 1. The van der Waals surface area contributed by atoms with Crippen molar-refractivity contribution in [3.63, 3.8) is 0 Å². The highest BCUT2D eigenvalue weighted by atomic mass is 32.2. The first-order chi connectivity index (χ1) is 13.1. The molecule has 1 unspecified atom stereocenters. The van der Waals surface area contributed by atoms with E-state index in [4.69, 9.17) is 4.74 Å². The summed E-state index contributed by atoms with van der Waals surface area (Å²) in [4.78, 5) is 38.5. The summed E-state index contributed by atoms with van der Waals surface area (Å²) in [7, 11) is 0. The Balaban J connectivity index is 1.90. The van der Waals surface area contributed by atoms with Crippen molar-refractivity contribution in [3.05, 3.63) is 59.4 Å². The van der Waals surface area contributed by atoms with Gasteiger partial charge in [0.1, 0.15) is 11.4 Å². The molecule has 6 nitrogen and oxygen atoms in total. The van der Waals surface area contributed by atoms with Gasteiger partial charge in [-0.3, -0.25) is 24.7 Å². The molecule has 0 aliphatic heterocycles. The highest BCUT2D eigenvalue weighted by Crippen LogP contribution is 2.18. The van der Waals surface area contributed by atoms with Gasteiger partial charge in [-0.15, -0.1) is 0 Å². The fourth-order valence-corrected chi connectivity index (χ4v) is 3.03. The monoisotopic (exact) mass is 386 g/mol. The van der Waals surface area contributed by atoms with Gasteiger partial charge in [-0.2, -0.15) is 11.8 Å². The van der Waals surface area contributed by atoms with Gasteiger partial charge in [-0.05, 0) is 48.4 Å². The molecule has 2 amide bonds. The molecule has 0 radical (unpaired) electrons. The van der Waals surface area contributed by atoms with Crippen molar-refractivity contribution in [2.45, 2.75) is 25.0 Å². The maximum Gasteiger partial charge on any atom is 0.239 e. The van der Waals surface area contributed by atoms with Gasteiger partial charge in [0.05, 0.1) is 5.25 Å². The van der Waals surface area contributed by atoms with Crippen LogP contribution >= 0.6 is 11.8 Å². The molecule has 1 N–H and O–H groups in total. The van der Waals surface area contributed by atoms with Crippen molar-refractivity contribution in [3.8, 4) is 5.75 Å². The summed E-state index contributed by atoms with van der Waals surface area (Å²) in [6.45, 7) is 1.94. The van der Waals surface area contributed by atoms with Gasteiger partial charge >= 0.3 is 0 Å². The van der Waals surface area contributed by atoms with Crippen molar-refractivity contribution in [1.82, 2.24) is 10.3 Å². The number of ketones is 1. The van der Waals surface area contributed by atoms with Crippen LogP contribution in [0, 0.1) is 0 Å². The highest BCUT2D eigenvalue weighted by molar-refractivity contribution is 7.99. The van der Waals surface area contributed by atoms with Gasteiger partial charge in [-0.25, -0.2) is 0 Å². The third kappa shape index (κ3) is 6.21. The van der Waals surface area contributed by atoms with Gasteiger partial charge < -0.3 is 4.74 Å². The van der Waals surface area contributed by atoms with Crippen molar-refractivity contribution in [1.29, 1.82) is 0 Å². The summed E-state index contributed by atoms with van der Waals surface area (Å²) in [5.41, 5.74) is 2.40. The van der Waals surface area contributed by atoms with Crippen LogP contribution in [0.1, 0.15) is 28.5 Å². The van der Waals surface area contributed by atoms with E-state index in [1.165, 1.54) is 11.8 Å². The molecule has 1 aromatic carbocycles. The van der Waals surface area contributed by atoms with Crippen LogP contribution in [0.4, 0.5) is 0 Å². The third-order valence-electron chi connectivity index (χ3n) is 4.01. The Bertz CT molecular complexity index is 776. The van der Waals surface area contributed by atoms with Crippen molar-refractivity contribution in [2.75, 3.05) is 12.9 Å². The van der Waals surface area contributed by atoms with E-state index in [-0.39, 0.29) is 23.5 Å². The summed E-state index contributed by atoms with van der Waals surface area (Å²) in [5.74, 6) is 0.0649.